The number of hydrogen-bond acceptors (Lipinski definition) is 2. The number of aromatic nitrogens is 1. The fraction of sp³-hybridized carbons (Fsp3) is 0.211. The highest BCUT2D eigenvalue weighted by molar-refractivity contribution is 5.86. The van der Waals surface area contributed by atoms with Crippen LogP contribution in [0.5, 0.6) is 0 Å². The van der Waals surface area contributed by atoms with Crippen molar-refractivity contribution >= 4 is 10.9 Å². The Labute approximate surface area is 129 Å². The Balaban J connectivity index is 1.82. The Bertz CT molecular complexity index is 866. The van der Waals surface area contributed by atoms with Crippen molar-refractivity contribution in [2.75, 3.05) is 13.1 Å². The second kappa shape index (κ2) is 5.32. The first-order valence-electron chi connectivity index (χ1n) is 7.68. The van der Waals surface area contributed by atoms with Crippen molar-refractivity contribution in [2.45, 2.75) is 13.0 Å². The molecule has 0 amide bonds. The monoisotopic (exact) mass is 287 g/mol. The Morgan fingerprint density at radius 1 is 0.955 bits per heavy atom. The molecular weight excluding hydrogens is 270 g/mol. The van der Waals surface area contributed by atoms with Gasteiger partial charge >= 0.3 is 0 Å². The maximum atomic E-state index is 8.91. The molecule has 0 unspecified atom stereocenters. The van der Waals surface area contributed by atoms with Crippen LogP contribution in [0.15, 0.2) is 48.5 Å². The van der Waals surface area contributed by atoms with Gasteiger partial charge in [0.2, 0.25) is 0 Å². The molecule has 3 heteroatoms. The van der Waals surface area contributed by atoms with Crippen molar-refractivity contribution < 1.29 is 0 Å². The molecule has 22 heavy (non-hydrogen) atoms. The fourth-order valence-electron chi connectivity index (χ4n) is 3.23. The Morgan fingerprint density at radius 2 is 1.77 bits per heavy atom. The molecule has 0 bridgehead atoms. The summed E-state index contributed by atoms with van der Waals surface area (Å²) in [4.78, 5) is 0. The lowest BCUT2D eigenvalue weighted by Gasteiger charge is -2.08. The summed E-state index contributed by atoms with van der Waals surface area (Å²) < 4.78 is 2.43. The van der Waals surface area contributed by atoms with Gasteiger partial charge in [-0.2, -0.15) is 5.26 Å². The summed E-state index contributed by atoms with van der Waals surface area (Å²) in [5, 5.41) is 13.7. The zero-order chi connectivity index (χ0) is 14.9. The topological polar surface area (TPSA) is 40.8 Å². The average molecular weight is 287 g/mol. The molecule has 1 N–H and O–H groups in total. The molecule has 3 nitrogen and oxygen atoms in total. The predicted molar refractivity (Wildman–Crippen MR) is 88.7 cm³/mol. The van der Waals surface area contributed by atoms with Crippen molar-refractivity contribution in [3.63, 3.8) is 0 Å². The summed E-state index contributed by atoms with van der Waals surface area (Å²) in [5.74, 6) is 0. The minimum atomic E-state index is 0.701. The smallest absolute Gasteiger partial charge is 0.0991 e. The van der Waals surface area contributed by atoms with Gasteiger partial charge in [-0.25, -0.2) is 0 Å². The lowest BCUT2D eigenvalue weighted by atomic mass is 10.0. The molecule has 0 saturated heterocycles. The largest absolute Gasteiger partial charge is 0.343 e. The number of benzene rings is 2. The molecule has 0 saturated carbocycles. The number of nitrogens with zero attached hydrogens (tertiary/aromatic N) is 2. The van der Waals surface area contributed by atoms with Crippen molar-refractivity contribution in [3.05, 3.63) is 59.8 Å². The van der Waals surface area contributed by atoms with E-state index in [0.29, 0.717) is 5.56 Å². The first kappa shape index (κ1) is 13.1. The molecule has 0 fully saturated rings. The zero-order valence-corrected chi connectivity index (χ0v) is 12.3. The van der Waals surface area contributed by atoms with Crippen LogP contribution in [0.1, 0.15) is 11.3 Å². The number of hydrogen-bond donors (Lipinski definition) is 1. The normalized spacial score (nSPS) is 14.3. The minimum Gasteiger partial charge on any atom is -0.343 e. The molecule has 1 aliphatic heterocycles. The molecule has 0 radical (unpaired) electrons. The van der Waals surface area contributed by atoms with Crippen molar-refractivity contribution in [2.24, 2.45) is 0 Å². The molecule has 4 rings (SSSR count). The van der Waals surface area contributed by atoms with Crippen molar-refractivity contribution in [1.29, 1.82) is 5.26 Å². The van der Waals surface area contributed by atoms with Crippen LogP contribution in [0.2, 0.25) is 0 Å². The van der Waals surface area contributed by atoms with Crippen LogP contribution >= 0.6 is 0 Å². The van der Waals surface area contributed by atoms with Crippen LogP contribution in [0.4, 0.5) is 0 Å². The van der Waals surface area contributed by atoms with E-state index in [1.54, 1.807) is 0 Å². The maximum Gasteiger partial charge on any atom is 0.0991 e. The number of rotatable bonds is 1. The van der Waals surface area contributed by atoms with Gasteiger partial charge in [0.05, 0.1) is 11.6 Å². The summed E-state index contributed by atoms with van der Waals surface area (Å²) in [5.41, 5.74) is 5.78. The van der Waals surface area contributed by atoms with E-state index in [1.807, 2.05) is 24.3 Å². The Morgan fingerprint density at radius 3 is 2.59 bits per heavy atom. The highest BCUT2D eigenvalue weighted by atomic mass is 15.0. The van der Waals surface area contributed by atoms with Crippen molar-refractivity contribution in [1.82, 2.24) is 9.88 Å². The summed E-state index contributed by atoms with van der Waals surface area (Å²) in [7, 11) is 0. The van der Waals surface area contributed by atoms with Crippen LogP contribution in [0, 0.1) is 11.3 Å². The van der Waals surface area contributed by atoms with E-state index < -0.39 is 0 Å². The third-order valence-electron chi connectivity index (χ3n) is 4.41. The van der Waals surface area contributed by atoms with Gasteiger partial charge in [-0.3, -0.25) is 0 Å². The second-order valence-corrected chi connectivity index (χ2v) is 5.75. The predicted octanol–water partition coefficient (Wildman–Crippen LogP) is 3.33. The second-order valence-electron chi connectivity index (χ2n) is 5.75. The Hall–Kier alpha value is -2.57. The van der Waals surface area contributed by atoms with Gasteiger partial charge in [0.25, 0.3) is 0 Å². The van der Waals surface area contributed by atoms with E-state index in [4.69, 9.17) is 5.26 Å². The van der Waals surface area contributed by atoms with Crippen LogP contribution in [-0.4, -0.2) is 17.7 Å². The molecule has 0 atom stereocenters. The minimum absolute atomic E-state index is 0.701. The van der Waals surface area contributed by atoms with Crippen molar-refractivity contribution in [3.8, 4) is 17.2 Å². The molecule has 2 aromatic carbocycles. The van der Waals surface area contributed by atoms with E-state index in [1.165, 1.54) is 22.2 Å². The standard InChI is InChI=1S/C19H17N3/c20-13-14-1-3-15(4-2-14)16-5-6-17-11-18-7-8-21-9-10-22(18)19(17)12-16/h1-6,11-12,21H,7-10H2. The lowest BCUT2D eigenvalue weighted by Crippen LogP contribution is -2.17. The molecule has 1 aromatic heterocycles. The molecule has 108 valence electrons. The van der Waals surface area contributed by atoms with E-state index in [-0.39, 0.29) is 0 Å². The van der Waals surface area contributed by atoms with Gasteiger partial charge in [-0.05, 0) is 40.8 Å². The molecule has 3 aromatic rings. The first-order chi connectivity index (χ1) is 10.8. The van der Waals surface area contributed by atoms with E-state index >= 15 is 0 Å². The highest BCUT2D eigenvalue weighted by Gasteiger charge is 2.12. The van der Waals surface area contributed by atoms with Crippen LogP contribution < -0.4 is 5.32 Å². The van der Waals surface area contributed by atoms with Crippen LogP contribution in [-0.2, 0) is 13.0 Å². The molecular formula is C19H17N3. The SMILES string of the molecule is N#Cc1ccc(-c2ccc3cc4n(c3c2)CCNCC4)cc1. The van der Waals surface area contributed by atoms with Crippen LogP contribution in [0.25, 0.3) is 22.0 Å². The van der Waals surface area contributed by atoms with Crippen LogP contribution in [0.3, 0.4) is 0 Å². The number of nitriles is 1. The number of fused-ring (bicyclic) bond motifs is 3. The van der Waals surface area contributed by atoms with Gasteiger partial charge < -0.3 is 9.88 Å². The third kappa shape index (κ3) is 2.18. The van der Waals surface area contributed by atoms with Gasteiger partial charge in [0, 0.05) is 37.3 Å². The molecule has 0 aliphatic carbocycles. The lowest BCUT2D eigenvalue weighted by molar-refractivity contribution is 0.658. The van der Waals surface area contributed by atoms with Gasteiger partial charge in [-0.15, -0.1) is 0 Å². The quantitative estimate of drug-likeness (QED) is 0.746. The van der Waals surface area contributed by atoms with E-state index in [0.717, 1.165) is 31.6 Å². The van der Waals surface area contributed by atoms with Gasteiger partial charge in [0.15, 0.2) is 0 Å². The molecule has 0 spiro atoms. The van der Waals surface area contributed by atoms with E-state index in [9.17, 15) is 0 Å². The van der Waals surface area contributed by atoms with Gasteiger partial charge in [-0.1, -0.05) is 24.3 Å². The highest BCUT2D eigenvalue weighted by Crippen LogP contribution is 2.27. The fourth-order valence-corrected chi connectivity index (χ4v) is 3.23. The maximum absolute atomic E-state index is 8.91. The summed E-state index contributed by atoms with van der Waals surface area (Å²) in [6, 6.07) is 18.9. The average Bonchev–Trinajstić information content (AvgIpc) is 2.75. The summed E-state index contributed by atoms with van der Waals surface area (Å²) in [6.45, 7) is 3.10. The Kier molecular flexibility index (Phi) is 3.17. The van der Waals surface area contributed by atoms with Gasteiger partial charge in [0.1, 0.15) is 0 Å². The molecule has 1 aliphatic rings. The van der Waals surface area contributed by atoms with E-state index in [2.05, 4.69) is 40.2 Å². The zero-order valence-electron chi connectivity index (χ0n) is 12.3. The molecule has 2 heterocycles. The summed E-state index contributed by atoms with van der Waals surface area (Å²) in [6.07, 6.45) is 1.08. The summed E-state index contributed by atoms with van der Waals surface area (Å²) >= 11 is 0. The first-order valence-corrected chi connectivity index (χ1v) is 7.68. The number of nitrogens with one attached hydrogen (secondary N) is 1. The third-order valence-corrected chi connectivity index (χ3v) is 4.41.